The molecule has 2 heterocycles. The molecule has 2 aromatic rings. The number of hydrogen-bond donors (Lipinski definition) is 1. The average Bonchev–Trinajstić information content (AvgIpc) is 2.30. The quantitative estimate of drug-likeness (QED) is 0.790. The first-order chi connectivity index (χ1) is 7.27. The fourth-order valence-corrected chi connectivity index (χ4v) is 1.13. The van der Waals surface area contributed by atoms with Crippen molar-refractivity contribution in [3.63, 3.8) is 0 Å². The van der Waals surface area contributed by atoms with Gasteiger partial charge in [-0.3, -0.25) is 4.98 Å². The van der Waals surface area contributed by atoms with Crippen molar-refractivity contribution in [2.24, 2.45) is 0 Å². The molecule has 0 aromatic carbocycles. The molecule has 5 heteroatoms. The van der Waals surface area contributed by atoms with Crippen LogP contribution in [0.1, 0.15) is 10.5 Å². The van der Waals surface area contributed by atoms with Gasteiger partial charge in [-0.1, -0.05) is 6.07 Å². The largest absolute Gasteiger partial charge is 0.477 e. The van der Waals surface area contributed by atoms with Crippen molar-refractivity contribution >= 4 is 5.97 Å². The van der Waals surface area contributed by atoms with Gasteiger partial charge in [0.25, 0.3) is 0 Å². The number of aromatic carboxylic acids is 1. The summed E-state index contributed by atoms with van der Waals surface area (Å²) in [5.74, 6) is -1.07. The molecule has 0 spiro atoms. The van der Waals surface area contributed by atoms with Crippen molar-refractivity contribution in [3.05, 3.63) is 42.5 Å². The van der Waals surface area contributed by atoms with Crippen LogP contribution >= 0.6 is 0 Å². The molecule has 0 saturated carbocycles. The first-order valence-corrected chi connectivity index (χ1v) is 4.24. The van der Waals surface area contributed by atoms with Crippen LogP contribution in [0.25, 0.3) is 11.4 Å². The van der Waals surface area contributed by atoms with Crippen LogP contribution in [0.4, 0.5) is 0 Å². The molecule has 74 valence electrons. The normalized spacial score (nSPS) is 9.87. The lowest BCUT2D eigenvalue weighted by Gasteiger charge is -1.99. The smallest absolute Gasteiger partial charge is 0.354 e. The standard InChI is InChI=1S/C10H7N3O2/c14-10(15)9-5-8(12-6-13-9)7-3-1-2-4-11-7/h1-6H,(H,14,15). The molecule has 2 aromatic heterocycles. The van der Waals surface area contributed by atoms with Crippen LogP contribution in [0.5, 0.6) is 0 Å². The van der Waals surface area contributed by atoms with Gasteiger partial charge < -0.3 is 5.11 Å². The highest BCUT2D eigenvalue weighted by Gasteiger charge is 2.07. The third-order valence-corrected chi connectivity index (χ3v) is 1.81. The zero-order chi connectivity index (χ0) is 10.7. The maximum absolute atomic E-state index is 10.7. The van der Waals surface area contributed by atoms with E-state index in [0.29, 0.717) is 11.4 Å². The minimum atomic E-state index is -1.07. The van der Waals surface area contributed by atoms with E-state index in [1.54, 1.807) is 18.3 Å². The molecule has 2 rings (SSSR count). The fraction of sp³-hybridized carbons (Fsp3) is 0. The predicted molar refractivity (Wildman–Crippen MR) is 52.2 cm³/mol. The van der Waals surface area contributed by atoms with Gasteiger partial charge in [-0.15, -0.1) is 0 Å². The fourth-order valence-electron chi connectivity index (χ4n) is 1.13. The second-order valence-corrected chi connectivity index (χ2v) is 2.81. The molecule has 0 aliphatic heterocycles. The molecule has 0 unspecified atom stereocenters. The van der Waals surface area contributed by atoms with E-state index in [1.165, 1.54) is 12.4 Å². The number of rotatable bonds is 2. The second-order valence-electron chi connectivity index (χ2n) is 2.81. The number of nitrogens with zero attached hydrogens (tertiary/aromatic N) is 3. The number of carboxylic acid groups (broad SMARTS) is 1. The molecule has 0 fully saturated rings. The van der Waals surface area contributed by atoms with Crippen LogP contribution in [-0.4, -0.2) is 26.0 Å². The maximum Gasteiger partial charge on any atom is 0.354 e. The number of aromatic nitrogens is 3. The van der Waals surface area contributed by atoms with E-state index >= 15 is 0 Å². The van der Waals surface area contributed by atoms with Crippen LogP contribution in [-0.2, 0) is 0 Å². The zero-order valence-corrected chi connectivity index (χ0v) is 7.66. The number of carbonyl (C=O) groups is 1. The van der Waals surface area contributed by atoms with Crippen LogP contribution in [0.2, 0.25) is 0 Å². The molecule has 0 bridgehead atoms. The summed E-state index contributed by atoms with van der Waals surface area (Å²) in [6, 6.07) is 6.74. The molecule has 0 radical (unpaired) electrons. The Kier molecular flexibility index (Phi) is 2.37. The van der Waals surface area contributed by atoms with Crippen molar-refractivity contribution < 1.29 is 9.90 Å². The van der Waals surface area contributed by atoms with Gasteiger partial charge in [0.1, 0.15) is 6.33 Å². The first kappa shape index (κ1) is 9.26. The van der Waals surface area contributed by atoms with E-state index in [2.05, 4.69) is 15.0 Å². The Hall–Kier alpha value is -2.30. The predicted octanol–water partition coefficient (Wildman–Crippen LogP) is 1.24. The minimum Gasteiger partial charge on any atom is -0.477 e. The van der Waals surface area contributed by atoms with Crippen LogP contribution < -0.4 is 0 Å². The first-order valence-electron chi connectivity index (χ1n) is 4.24. The average molecular weight is 201 g/mol. The minimum absolute atomic E-state index is 0.0364. The molecular weight excluding hydrogens is 194 g/mol. The van der Waals surface area contributed by atoms with Crippen molar-refractivity contribution in [1.82, 2.24) is 15.0 Å². The van der Waals surface area contributed by atoms with Crippen LogP contribution in [0.15, 0.2) is 36.8 Å². The lowest BCUT2D eigenvalue weighted by atomic mass is 10.2. The number of pyridine rings is 1. The van der Waals surface area contributed by atoms with E-state index in [4.69, 9.17) is 5.11 Å². The van der Waals surface area contributed by atoms with E-state index in [-0.39, 0.29) is 5.69 Å². The van der Waals surface area contributed by atoms with E-state index in [9.17, 15) is 4.79 Å². The van der Waals surface area contributed by atoms with Crippen molar-refractivity contribution in [3.8, 4) is 11.4 Å². The van der Waals surface area contributed by atoms with Gasteiger partial charge in [0.15, 0.2) is 5.69 Å². The monoisotopic (exact) mass is 201 g/mol. The van der Waals surface area contributed by atoms with E-state index < -0.39 is 5.97 Å². The van der Waals surface area contributed by atoms with E-state index in [1.807, 2.05) is 6.07 Å². The highest BCUT2D eigenvalue weighted by atomic mass is 16.4. The van der Waals surface area contributed by atoms with Gasteiger partial charge in [0.2, 0.25) is 0 Å². The number of hydrogen-bond acceptors (Lipinski definition) is 4. The molecule has 15 heavy (non-hydrogen) atoms. The van der Waals surface area contributed by atoms with Gasteiger partial charge in [-0.25, -0.2) is 14.8 Å². The highest BCUT2D eigenvalue weighted by Crippen LogP contribution is 2.12. The SMILES string of the molecule is O=C(O)c1cc(-c2ccccn2)ncn1. The van der Waals surface area contributed by atoms with Crippen LogP contribution in [0, 0.1) is 0 Å². The summed E-state index contributed by atoms with van der Waals surface area (Å²) < 4.78 is 0. The Bertz CT molecular complexity index is 485. The van der Waals surface area contributed by atoms with Gasteiger partial charge in [-0.05, 0) is 18.2 Å². The summed E-state index contributed by atoms with van der Waals surface area (Å²) in [5.41, 5.74) is 1.09. The Balaban J connectivity index is 2.46. The third-order valence-electron chi connectivity index (χ3n) is 1.81. The summed E-state index contributed by atoms with van der Waals surface area (Å²) in [4.78, 5) is 22.3. The van der Waals surface area contributed by atoms with Gasteiger partial charge >= 0.3 is 5.97 Å². The van der Waals surface area contributed by atoms with E-state index in [0.717, 1.165) is 0 Å². The molecule has 1 N–H and O–H groups in total. The van der Waals surface area contributed by atoms with Crippen LogP contribution in [0.3, 0.4) is 0 Å². The second kappa shape index (κ2) is 3.83. The molecule has 0 atom stereocenters. The van der Waals surface area contributed by atoms with Crippen molar-refractivity contribution in [1.29, 1.82) is 0 Å². The summed E-state index contributed by atoms with van der Waals surface area (Å²) >= 11 is 0. The Morgan fingerprint density at radius 1 is 1.13 bits per heavy atom. The highest BCUT2D eigenvalue weighted by molar-refractivity contribution is 5.86. The third kappa shape index (κ3) is 1.96. The molecule has 0 aliphatic carbocycles. The summed E-state index contributed by atoms with van der Waals surface area (Å²) in [6.07, 6.45) is 2.84. The Morgan fingerprint density at radius 3 is 2.67 bits per heavy atom. The molecule has 5 nitrogen and oxygen atoms in total. The van der Waals surface area contributed by atoms with Gasteiger partial charge in [0.05, 0.1) is 11.4 Å². The maximum atomic E-state index is 10.7. The summed E-state index contributed by atoms with van der Waals surface area (Å²) in [6.45, 7) is 0. The topological polar surface area (TPSA) is 76.0 Å². The molecular formula is C10H7N3O2. The molecule has 0 amide bonds. The Labute approximate surface area is 85.5 Å². The zero-order valence-electron chi connectivity index (χ0n) is 7.66. The number of carboxylic acids is 1. The summed E-state index contributed by atoms with van der Waals surface area (Å²) in [7, 11) is 0. The van der Waals surface area contributed by atoms with Gasteiger partial charge in [0, 0.05) is 6.20 Å². The molecule has 0 saturated heterocycles. The van der Waals surface area contributed by atoms with Crippen molar-refractivity contribution in [2.75, 3.05) is 0 Å². The lowest BCUT2D eigenvalue weighted by Crippen LogP contribution is -2.01. The Morgan fingerprint density at radius 2 is 2.00 bits per heavy atom. The summed E-state index contributed by atoms with van der Waals surface area (Å²) in [5, 5.41) is 8.75. The lowest BCUT2D eigenvalue weighted by molar-refractivity contribution is 0.0690. The van der Waals surface area contributed by atoms with Gasteiger partial charge in [-0.2, -0.15) is 0 Å². The van der Waals surface area contributed by atoms with Crippen molar-refractivity contribution in [2.45, 2.75) is 0 Å². The molecule has 0 aliphatic rings.